The van der Waals surface area contributed by atoms with E-state index in [9.17, 15) is 21.6 Å². The molecule has 0 atom stereocenters. The number of alkyl halides is 3. The molecule has 0 bridgehead atoms. The Bertz CT molecular complexity index is 1190. The number of nitrogens with one attached hydrogen (secondary N) is 1. The van der Waals surface area contributed by atoms with Crippen molar-refractivity contribution >= 4 is 38.2 Å². The standard InChI is InChI=1S/C20H19ClF3N3O2S/c21-15-3-1-4-16(11-15)30(28,29)27-13-14(12-20(22,23)24)19-17(5-2-6-18(19)27)26-9-7-25-8-10-26/h1-6,11,13,25H,7-10,12H2. The summed E-state index contributed by atoms with van der Waals surface area (Å²) in [5.74, 6) is 0. The smallest absolute Gasteiger partial charge is 0.368 e. The van der Waals surface area contributed by atoms with Crippen LogP contribution in [0.15, 0.2) is 53.6 Å². The van der Waals surface area contributed by atoms with Crippen molar-refractivity contribution in [1.82, 2.24) is 9.29 Å². The molecule has 0 spiro atoms. The van der Waals surface area contributed by atoms with Gasteiger partial charge in [0.25, 0.3) is 10.0 Å². The summed E-state index contributed by atoms with van der Waals surface area (Å²) in [7, 11) is -4.14. The molecule has 2 heterocycles. The lowest BCUT2D eigenvalue weighted by atomic mass is 10.1. The van der Waals surface area contributed by atoms with Crippen molar-refractivity contribution in [3.63, 3.8) is 0 Å². The van der Waals surface area contributed by atoms with Gasteiger partial charge in [0, 0.05) is 48.5 Å². The Kier molecular flexibility index (Phi) is 5.46. The molecule has 0 amide bonds. The Labute approximate surface area is 177 Å². The molecule has 0 aliphatic carbocycles. The van der Waals surface area contributed by atoms with E-state index in [4.69, 9.17) is 11.6 Å². The molecule has 1 fully saturated rings. The number of rotatable bonds is 4. The molecule has 0 saturated carbocycles. The molecule has 2 aromatic carbocycles. The van der Waals surface area contributed by atoms with Gasteiger partial charge in [0.15, 0.2) is 0 Å². The number of fused-ring (bicyclic) bond motifs is 1. The maximum absolute atomic E-state index is 13.3. The first-order chi connectivity index (χ1) is 14.2. The van der Waals surface area contributed by atoms with E-state index < -0.39 is 22.6 Å². The molecule has 10 heteroatoms. The zero-order chi connectivity index (χ0) is 21.5. The van der Waals surface area contributed by atoms with E-state index in [1.54, 1.807) is 12.1 Å². The van der Waals surface area contributed by atoms with Crippen molar-refractivity contribution in [2.24, 2.45) is 0 Å². The van der Waals surface area contributed by atoms with Gasteiger partial charge in [0.2, 0.25) is 0 Å². The van der Waals surface area contributed by atoms with Gasteiger partial charge in [-0.3, -0.25) is 0 Å². The van der Waals surface area contributed by atoms with E-state index in [0.29, 0.717) is 37.3 Å². The highest BCUT2D eigenvalue weighted by Gasteiger charge is 2.32. The molecule has 1 aromatic heterocycles. The second kappa shape index (κ2) is 7.79. The summed E-state index contributed by atoms with van der Waals surface area (Å²) in [5.41, 5.74) is 0.746. The van der Waals surface area contributed by atoms with E-state index in [1.807, 2.05) is 4.90 Å². The number of anilines is 1. The van der Waals surface area contributed by atoms with Crippen LogP contribution in [0.2, 0.25) is 5.02 Å². The predicted octanol–water partition coefficient (Wildman–Crippen LogP) is 4.05. The summed E-state index contributed by atoms with van der Waals surface area (Å²) in [4.78, 5) is 1.90. The lowest BCUT2D eigenvalue weighted by Gasteiger charge is -2.30. The number of aromatic nitrogens is 1. The van der Waals surface area contributed by atoms with Crippen LogP contribution in [-0.4, -0.2) is 44.7 Å². The Morgan fingerprint density at radius 1 is 1.07 bits per heavy atom. The van der Waals surface area contributed by atoms with Crippen LogP contribution in [0.5, 0.6) is 0 Å². The number of benzene rings is 2. The average molecular weight is 458 g/mol. The summed E-state index contributed by atoms with van der Waals surface area (Å²) >= 11 is 5.94. The SMILES string of the molecule is O=S(=O)(c1cccc(Cl)c1)n1cc(CC(F)(F)F)c2c(N3CCNCC3)cccc21. The van der Waals surface area contributed by atoms with Crippen LogP contribution < -0.4 is 10.2 Å². The van der Waals surface area contributed by atoms with Crippen LogP contribution in [0.25, 0.3) is 10.9 Å². The van der Waals surface area contributed by atoms with Crippen LogP contribution >= 0.6 is 11.6 Å². The second-order valence-corrected chi connectivity index (χ2v) is 9.36. The van der Waals surface area contributed by atoms with Crippen LogP contribution in [0.1, 0.15) is 5.56 Å². The number of hydrogen-bond acceptors (Lipinski definition) is 4. The fourth-order valence-corrected chi connectivity index (χ4v) is 5.46. The molecule has 0 radical (unpaired) electrons. The summed E-state index contributed by atoms with van der Waals surface area (Å²) in [6, 6.07) is 10.6. The number of halogens is 4. The third-order valence-corrected chi connectivity index (χ3v) is 6.96. The van der Waals surface area contributed by atoms with Gasteiger partial charge in [-0.2, -0.15) is 13.2 Å². The fourth-order valence-electron chi connectivity index (χ4n) is 3.78. The average Bonchev–Trinajstić information content (AvgIpc) is 3.06. The van der Waals surface area contributed by atoms with Crippen LogP contribution in [0, 0.1) is 0 Å². The maximum Gasteiger partial charge on any atom is 0.393 e. The summed E-state index contributed by atoms with van der Waals surface area (Å²) < 4.78 is 67.4. The molecule has 30 heavy (non-hydrogen) atoms. The van der Waals surface area contributed by atoms with E-state index in [0.717, 1.165) is 10.2 Å². The van der Waals surface area contributed by atoms with Gasteiger partial charge < -0.3 is 10.2 Å². The first-order valence-electron chi connectivity index (χ1n) is 9.33. The van der Waals surface area contributed by atoms with Crippen LogP contribution in [0.3, 0.4) is 0 Å². The monoisotopic (exact) mass is 457 g/mol. The Hall–Kier alpha value is -2.23. The molecule has 4 rings (SSSR count). The first kappa shape index (κ1) is 21.0. The van der Waals surface area contributed by atoms with Crippen LogP contribution in [-0.2, 0) is 16.4 Å². The molecule has 0 unspecified atom stereocenters. The topological polar surface area (TPSA) is 54.3 Å². The molecular formula is C20H19ClF3N3O2S. The summed E-state index contributed by atoms with van der Waals surface area (Å²) in [6.45, 7) is 2.65. The quantitative estimate of drug-likeness (QED) is 0.642. The fraction of sp³-hybridized carbons (Fsp3) is 0.300. The van der Waals surface area contributed by atoms with Gasteiger partial charge in [0.1, 0.15) is 0 Å². The highest BCUT2D eigenvalue weighted by Crippen LogP contribution is 2.37. The minimum atomic E-state index is -4.48. The number of hydrogen-bond donors (Lipinski definition) is 1. The molecule has 1 N–H and O–H groups in total. The minimum Gasteiger partial charge on any atom is -0.368 e. The second-order valence-electron chi connectivity index (χ2n) is 7.11. The molecule has 1 aliphatic rings. The molecule has 5 nitrogen and oxygen atoms in total. The lowest BCUT2D eigenvalue weighted by molar-refractivity contribution is -0.127. The van der Waals surface area contributed by atoms with Gasteiger partial charge in [-0.15, -0.1) is 0 Å². The number of nitrogens with zero attached hydrogens (tertiary/aromatic N) is 2. The van der Waals surface area contributed by atoms with Gasteiger partial charge >= 0.3 is 6.18 Å². The zero-order valence-corrected chi connectivity index (χ0v) is 17.4. The van der Waals surface area contributed by atoms with Crippen molar-refractivity contribution in [2.75, 3.05) is 31.1 Å². The maximum atomic E-state index is 13.3. The first-order valence-corrected chi connectivity index (χ1v) is 11.2. The normalized spacial score (nSPS) is 15.7. The molecule has 160 valence electrons. The Morgan fingerprint density at radius 3 is 2.43 bits per heavy atom. The van der Waals surface area contributed by atoms with Gasteiger partial charge in [-0.1, -0.05) is 23.7 Å². The van der Waals surface area contributed by atoms with Crippen molar-refractivity contribution in [2.45, 2.75) is 17.5 Å². The van der Waals surface area contributed by atoms with Crippen molar-refractivity contribution < 1.29 is 21.6 Å². The van der Waals surface area contributed by atoms with E-state index >= 15 is 0 Å². The highest BCUT2D eigenvalue weighted by molar-refractivity contribution is 7.90. The van der Waals surface area contributed by atoms with Crippen molar-refractivity contribution in [3.05, 3.63) is 59.2 Å². The third-order valence-electron chi connectivity index (χ3n) is 5.05. The summed E-state index contributed by atoms with van der Waals surface area (Å²) in [5, 5.41) is 3.74. The minimum absolute atomic E-state index is 0.0720. The van der Waals surface area contributed by atoms with Crippen molar-refractivity contribution in [1.29, 1.82) is 0 Å². The van der Waals surface area contributed by atoms with Crippen LogP contribution in [0.4, 0.5) is 18.9 Å². The van der Waals surface area contributed by atoms with E-state index in [1.165, 1.54) is 30.3 Å². The zero-order valence-electron chi connectivity index (χ0n) is 15.8. The third kappa shape index (κ3) is 4.01. The van der Waals surface area contributed by atoms with E-state index in [-0.39, 0.29) is 21.0 Å². The molecule has 1 saturated heterocycles. The molecular weight excluding hydrogens is 439 g/mol. The Balaban J connectivity index is 1.95. The van der Waals surface area contributed by atoms with Gasteiger partial charge in [-0.05, 0) is 35.9 Å². The molecule has 1 aliphatic heterocycles. The number of piperazine rings is 1. The molecule has 3 aromatic rings. The summed E-state index contributed by atoms with van der Waals surface area (Å²) in [6.07, 6.45) is -4.61. The largest absolute Gasteiger partial charge is 0.393 e. The highest BCUT2D eigenvalue weighted by atomic mass is 35.5. The van der Waals surface area contributed by atoms with E-state index in [2.05, 4.69) is 5.32 Å². The predicted molar refractivity (Wildman–Crippen MR) is 111 cm³/mol. The lowest BCUT2D eigenvalue weighted by Crippen LogP contribution is -2.43. The van der Waals surface area contributed by atoms with Gasteiger partial charge in [0.05, 0.1) is 16.8 Å². The van der Waals surface area contributed by atoms with Gasteiger partial charge in [-0.25, -0.2) is 12.4 Å². The van der Waals surface area contributed by atoms with Crippen molar-refractivity contribution in [3.8, 4) is 0 Å². The Morgan fingerprint density at radius 2 is 1.77 bits per heavy atom.